The van der Waals surface area contributed by atoms with Gasteiger partial charge in [-0.2, -0.15) is 0 Å². The minimum atomic E-state index is 0.392. The average molecular weight is 267 g/mol. The molecular formula is C16H23ClO. The van der Waals surface area contributed by atoms with Crippen molar-refractivity contribution in [1.82, 2.24) is 0 Å². The summed E-state index contributed by atoms with van der Waals surface area (Å²) in [5.74, 6) is 0.623. The van der Waals surface area contributed by atoms with Crippen molar-refractivity contribution >= 4 is 11.6 Å². The molecule has 0 heterocycles. The highest BCUT2D eigenvalue weighted by Gasteiger charge is 2.37. The lowest BCUT2D eigenvalue weighted by Gasteiger charge is -2.42. The molecule has 0 radical (unpaired) electrons. The number of ether oxygens (including phenoxy) is 1. The van der Waals surface area contributed by atoms with E-state index in [0.29, 0.717) is 11.3 Å². The fourth-order valence-electron chi connectivity index (χ4n) is 2.60. The Kier molecular flexibility index (Phi) is 4.69. The Hall–Kier alpha value is -0.530. The third-order valence-corrected chi connectivity index (χ3v) is 4.02. The van der Waals surface area contributed by atoms with Crippen LogP contribution in [0.2, 0.25) is 5.02 Å². The van der Waals surface area contributed by atoms with E-state index in [-0.39, 0.29) is 0 Å². The standard InChI is InChI=1S/C16H23ClO/c1-13(2)11-18-12-16(8-3-9-16)10-14-4-6-15(17)7-5-14/h4-7,13H,3,8-12H2,1-2H3. The van der Waals surface area contributed by atoms with Crippen molar-refractivity contribution in [3.05, 3.63) is 34.9 Å². The molecule has 0 unspecified atom stereocenters. The summed E-state index contributed by atoms with van der Waals surface area (Å²) >= 11 is 5.92. The van der Waals surface area contributed by atoms with Crippen LogP contribution < -0.4 is 0 Å². The van der Waals surface area contributed by atoms with E-state index in [0.717, 1.165) is 24.7 Å². The maximum absolute atomic E-state index is 5.92. The molecule has 100 valence electrons. The molecule has 1 aromatic rings. The Balaban J connectivity index is 1.89. The highest BCUT2D eigenvalue weighted by molar-refractivity contribution is 6.30. The van der Waals surface area contributed by atoms with Gasteiger partial charge in [-0.25, -0.2) is 0 Å². The normalized spacial score (nSPS) is 17.8. The molecular weight excluding hydrogens is 244 g/mol. The molecule has 1 saturated carbocycles. The van der Waals surface area contributed by atoms with E-state index < -0.39 is 0 Å². The zero-order chi connectivity index (χ0) is 13.0. The number of rotatable bonds is 6. The van der Waals surface area contributed by atoms with E-state index in [1.54, 1.807) is 0 Å². The number of hydrogen-bond donors (Lipinski definition) is 0. The molecule has 1 aliphatic rings. The zero-order valence-corrected chi connectivity index (χ0v) is 12.2. The average Bonchev–Trinajstić information content (AvgIpc) is 2.28. The molecule has 0 saturated heterocycles. The monoisotopic (exact) mass is 266 g/mol. The van der Waals surface area contributed by atoms with Crippen LogP contribution in [0.1, 0.15) is 38.7 Å². The smallest absolute Gasteiger partial charge is 0.0525 e. The number of hydrogen-bond acceptors (Lipinski definition) is 1. The van der Waals surface area contributed by atoms with Crippen LogP contribution in [0.5, 0.6) is 0 Å². The second kappa shape index (κ2) is 6.08. The van der Waals surface area contributed by atoms with Gasteiger partial charge in [-0.3, -0.25) is 0 Å². The second-order valence-corrected chi connectivity index (χ2v) is 6.50. The van der Waals surface area contributed by atoms with E-state index in [1.165, 1.54) is 24.8 Å². The fourth-order valence-corrected chi connectivity index (χ4v) is 2.72. The molecule has 1 aliphatic carbocycles. The molecule has 2 heteroatoms. The van der Waals surface area contributed by atoms with Crippen molar-refractivity contribution < 1.29 is 4.74 Å². The van der Waals surface area contributed by atoms with Crippen LogP contribution in [0.4, 0.5) is 0 Å². The third kappa shape index (κ3) is 3.73. The lowest BCUT2D eigenvalue weighted by atomic mass is 9.66. The summed E-state index contributed by atoms with van der Waals surface area (Å²) in [7, 11) is 0. The van der Waals surface area contributed by atoms with Gasteiger partial charge in [0.1, 0.15) is 0 Å². The van der Waals surface area contributed by atoms with E-state index in [1.807, 2.05) is 12.1 Å². The van der Waals surface area contributed by atoms with Gasteiger partial charge in [0.15, 0.2) is 0 Å². The molecule has 2 rings (SSSR count). The van der Waals surface area contributed by atoms with Crippen LogP contribution in [0.3, 0.4) is 0 Å². The minimum Gasteiger partial charge on any atom is -0.381 e. The van der Waals surface area contributed by atoms with Gasteiger partial charge >= 0.3 is 0 Å². The first kappa shape index (κ1) is 13.9. The van der Waals surface area contributed by atoms with Crippen LogP contribution in [-0.4, -0.2) is 13.2 Å². The maximum Gasteiger partial charge on any atom is 0.0525 e. The Morgan fingerprint density at radius 2 is 1.89 bits per heavy atom. The van der Waals surface area contributed by atoms with Crippen LogP contribution in [0, 0.1) is 11.3 Å². The molecule has 0 N–H and O–H groups in total. The van der Waals surface area contributed by atoms with Crippen molar-refractivity contribution in [2.24, 2.45) is 11.3 Å². The number of halogens is 1. The zero-order valence-electron chi connectivity index (χ0n) is 11.4. The summed E-state index contributed by atoms with van der Waals surface area (Å²) in [6.07, 6.45) is 5.07. The van der Waals surface area contributed by atoms with Gasteiger partial charge in [0, 0.05) is 11.6 Å². The van der Waals surface area contributed by atoms with Crippen LogP contribution in [0.15, 0.2) is 24.3 Å². The maximum atomic E-state index is 5.92. The molecule has 1 aromatic carbocycles. The largest absolute Gasteiger partial charge is 0.381 e. The van der Waals surface area contributed by atoms with Gasteiger partial charge in [0.25, 0.3) is 0 Å². The van der Waals surface area contributed by atoms with Gasteiger partial charge in [-0.1, -0.05) is 44.0 Å². The third-order valence-electron chi connectivity index (χ3n) is 3.77. The molecule has 0 aliphatic heterocycles. The summed E-state index contributed by atoms with van der Waals surface area (Å²) < 4.78 is 5.87. The summed E-state index contributed by atoms with van der Waals surface area (Å²) in [6, 6.07) is 8.26. The SMILES string of the molecule is CC(C)COCC1(Cc2ccc(Cl)cc2)CCC1. The van der Waals surface area contributed by atoms with Gasteiger partial charge in [-0.15, -0.1) is 0 Å². The Bertz CT molecular complexity index is 365. The van der Waals surface area contributed by atoms with Gasteiger partial charge in [-0.05, 0) is 48.3 Å². The second-order valence-electron chi connectivity index (χ2n) is 6.07. The molecule has 0 spiro atoms. The highest BCUT2D eigenvalue weighted by atomic mass is 35.5. The molecule has 0 atom stereocenters. The van der Waals surface area contributed by atoms with Crippen LogP contribution in [-0.2, 0) is 11.2 Å². The Labute approximate surface area is 115 Å². The van der Waals surface area contributed by atoms with Gasteiger partial charge < -0.3 is 4.74 Å². The van der Waals surface area contributed by atoms with Crippen molar-refractivity contribution in [2.45, 2.75) is 39.5 Å². The molecule has 0 bridgehead atoms. The lowest BCUT2D eigenvalue weighted by molar-refractivity contribution is -0.0148. The first-order chi connectivity index (χ1) is 8.60. The van der Waals surface area contributed by atoms with E-state index in [2.05, 4.69) is 26.0 Å². The van der Waals surface area contributed by atoms with E-state index >= 15 is 0 Å². The van der Waals surface area contributed by atoms with Gasteiger partial charge in [0.2, 0.25) is 0 Å². The molecule has 18 heavy (non-hydrogen) atoms. The summed E-state index contributed by atoms with van der Waals surface area (Å²) in [6.45, 7) is 6.19. The summed E-state index contributed by atoms with van der Waals surface area (Å²) in [5.41, 5.74) is 1.77. The molecule has 0 amide bonds. The molecule has 1 fully saturated rings. The van der Waals surface area contributed by atoms with Crippen molar-refractivity contribution in [3.63, 3.8) is 0 Å². The van der Waals surface area contributed by atoms with Crippen molar-refractivity contribution in [1.29, 1.82) is 0 Å². The summed E-state index contributed by atoms with van der Waals surface area (Å²) in [4.78, 5) is 0. The van der Waals surface area contributed by atoms with E-state index in [9.17, 15) is 0 Å². The van der Waals surface area contributed by atoms with Crippen LogP contribution >= 0.6 is 11.6 Å². The quantitative estimate of drug-likeness (QED) is 0.724. The van der Waals surface area contributed by atoms with Crippen LogP contribution in [0.25, 0.3) is 0 Å². The first-order valence-electron chi connectivity index (χ1n) is 6.92. The Morgan fingerprint density at radius 3 is 2.39 bits per heavy atom. The minimum absolute atomic E-state index is 0.392. The summed E-state index contributed by atoms with van der Waals surface area (Å²) in [5, 5.41) is 0.817. The topological polar surface area (TPSA) is 9.23 Å². The highest BCUT2D eigenvalue weighted by Crippen LogP contribution is 2.44. The predicted molar refractivity (Wildman–Crippen MR) is 77.1 cm³/mol. The fraction of sp³-hybridized carbons (Fsp3) is 0.625. The van der Waals surface area contributed by atoms with Gasteiger partial charge in [0.05, 0.1) is 6.61 Å². The Morgan fingerprint density at radius 1 is 1.22 bits per heavy atom. The number of benzene rings is 1. The molecule has 1 nitrogen and oxygen atoms in total. The van der Waals surface area contributed by atoms with Crippen molar-refractivity contribution in [2.75, 3.05) is 13.2 Å². The predicted octanol–water partition coefficient (Wildman–Crippen LogP) is 4.73. The van der Waals surface area contributed by atoms with Crippen molar-refractivity contribution in [3.8, 4) is 0 Å². The van der Waals surface area contributed by atoms with E-state index in [4.69, 9.17) is 16.3 Å². The molecule has 0 aromatic heterocycles. The first-order valence-corrected chi connectivity index (χ1v) is 7.30. The lowest BCUT2D eigenvalue weighted by Crippen LogP contribution is -2.37.